The molecule has 162 valence electrons. The minimum atomic E-state index is -0.815. The van der Waals surface area contributed by atoms with E-state index < -0.39 is 17.6 Å². The van der Waals surface area contributed by atoms with E-state index in [1.807, 2.05) is 11.8 Å². The summed E-state index contributed by atoms with van der Waals surface area (Å²) in [7, 11) is 0. The molecule has 0 spiro atoms. The van der Waals surface area contributed by atoms with E-state index in [9.17, 15) is 13.2 Å². The summed E-state index contributed by atoms with van der Waals surface area (Å²) in [5.41, 5.74) is 5.67. The molecule has 0 amide bonds. The van der Waals surface area contributed by atoms with Gasteiger partial charge in [-0.05, 0) is 50.1 Å². The molecule has 3 rings (SSSR count). The number of anilines is 1. The van der Waals surface area contributed by atoms with Crippen LogP contribution in [0.15, 0.2) is 27.9 Å². The maximum Gasteiger partial charge on any atom is 0.191 e. The van der Waals surface area contributed by atoms with Gasteiger partial charge in [-0.15, -0.1) is 0 Å². The van der Waals surface area contributed by atoms with Crippen LogP contribution in [0.2, 0.25) is 5.02 Å². The Morgan fingerprint density at radius 1 is 1.41 bits per heavy atom. The van der Waals surface area contributed by atoms with Crippen LogP contribution < -0.4 is 15.4 Å². The molecule has 9 heteroatoms. The Bertz CT molecular complexity index is 771. The SMILES string of the molecule is CC1CCN(c2cc(F)c(SNC3=CCCC(F)=N3)c(F)c2Cl)C1.CCC(C)N. The van der Waals surface area contributed by atoms with Gasteiger partial charge in [-0.1, -0.05) is 25.4 Å². The van der Waals surface area contributed by atoms with E-state index in [2.05, 4.69) is 23.6 Å². The quantitative estimate of drug-likeness (QED) is 0.441. The average Bonchev–Trinajstić information content (AvgIpc) is 3.11. The molecular weight excluding hydrogens is 421 g/mol. The third kappa shape index (κ3) is 6.83. The van der Waals surface area contributed by atoms with E-state index in [0.717, 1.165) is 25.9 Å². The van der Waals surface area contributed by atoms with Crippen LogP contribution in [0.4, 0.5) is 18.9 Å². The molecule has 0 aliphatic carbocycles. The molecule has 0 radical (unpaired) electrons. The van der Waals surface area contributed by atoms with Crippen molar-refractivity contribution in [3.8, 4) is 0 Å². The monoisotopic (exact) mass is 448 g/mol. The lowest BCUT2D eigenvalue weighted by Crippen LogP contribution is -2.20. The number of allylic oxidation sites excluding steroid dienone is 1. The Balaban J connectivity index is 0.000000537. The Hall–Kier alpha value is -1.38. The maximum atomic E-state index is 14.5. The first-order valence-corrected chi connectivity index (χ1v) is 11.0. The fourth-order valence-electron chi connectivity index (χ4n) is 2.77. The van der Waals surface area contributed by atoms with Crippen molar-refractivity contribution < 1.29 is 13.2 Å². The molecule has 2 aliphatic rings. The number of benzene rings is 1. The van der Waals surface area contributed by atoms with Crippen molar-refractivity contribution in [2.75, 3.05) is 18.0 Å². The summed E-state index contributed by atoms with van der Waals surface area (Å²) in [6, 6.07) is 1.64. The van der Waals surface area contributed by atoms with E-state index in [4.69, 9.17) is 17.3 Å². The van der Waals surface area contributed by atoms with Gasteiger partial charge in [0.05, 0.1) is 5.69 Å². The van der Waals surface area contributed by atoms with Crippen molar-refractivity contribution in [2.24, 2.45) is 16.6 Å². The van der Waals surface area contributed by atoms with Gasteiger partial charge in [0.2, 0.25) is 0 Å². The van der Waals surface area contributed by atoms with E-state index in [1.165, 1.54) is 6.07 Å². The van der Waals surface area contributed by atoms with Crippen molar-refractivity contribution in [3.63, 3.8) is 0 Å². The lowest BCUT2D eigenvalue weighted by Gasteiger charge is -2.21. The minimum absolute atomic E-state index is 0.0953. The molecule has 2 atom stereocenters. The van der Waals surface area contributed by atoms with Crippen molar-refractivity contribution in [2.45, 2.75) is 57.4 Å². The van der Waals surface area contributed by atoms with Gasteiger partial charge in [0, 0.05) is 31.6 Å². The fraction of sp³-hybridized carbons (Fsp3) is 0.550. The third-order valence-electron chi connectivity index (χ3n) is 4.69. The number of rotatable bonds is 5. The molecule has 0 bridgehead atoms. The molecule has 0 aromatic heterocycles. The molecule has 1 aromatic rings. The standard InChI is InChI=1S/C16H17ClF3N3S.C4H11N/c1-9-5-6-23(8-9)11-7-10(18)16(15(20)14(11)17)24-22-13-4-2-3-12(19)21-13;1-3-4(2)5/h4,7,9,22H,2-3,5-6,8H2,1H3;4H,3,5H2,1-2H3. The number of hydrogen-bond donors (Lipinski definition) is 2. The topological polar surface area (TPSA) is 53.6 Å². The second-order valence-corrected chi connectivity index (χ2v) is 8.57. The zero-order chi connectivity index (χ0) is 21.6. The zero-order valence-corrected chi connectivity index (χ0v) is 18.5. The lowest BCUT2D eigenvalue weighted by molar-refractivity contribution is 0.540. The van der Waals surface area contributed by atoms with Crippen molar-refractivity contribution in [3.05, 3.63) is 34.6 Å². The van der Waals surface area contributed by atoms with Crippen LogP contribution in [0.5, 0.6) is 0 Å². The molecule has 2 aliphatic heterocycles. The summed E-state index contributed by atoms with van der Waals surface area (Å²) in [6.45, 7) is 7.62. The van der Waals surface area contributed by atoms with Gasteiger partial charge in [0.15, 0.2) is 11.8 Å². The van der Waals surface area contributed by atoms with E-state index in [-0.39, 0.29) is 22.2 Å². The molecule has 1 saturated heterocycles. The maximum absolute atomic E-state index is 14.5. The third-order valence-corrected chi connectivity index (χ3v) is 5.94. The predicted molar refractivity (Wildman–Crippen MR) is 116 cm³/mol. The summed E-state index contributed by atoms with van der Waals surface area (Å²) in [5.74, 6) is -1.31. The van der Waals surface area contributed by atoms with Crippen molar-refractivity contribution >= 4 is 35.2 Å². The molecule has 3 N–H and O–H groups in total. The van der Waals surface area contributed by atoms with Crippen LogP contribution in [0.3, 0.4) is 0 Å². The molecule has 1 fully saturated rings. The van der Waals surface area contributed by atoms with Crippen LogP contribution in [0.25, 0.3) is 0 Å². The largest absolute Gasteiger partial charge is 0.370 e. The summed E-state index contributed by atoms with van der Waals surface area (Å²) >= 11 is 6.82. The molecule has 29 heavy (non-hydrogen) atoms. The number of aliphatic imine (C=N–C) groups is 1. The molecule has 0 saturated carbocycles. The average molecular weight is 449 g/mol. The first-order valence-electron chi connectivity index (χ1n) is 9.77. The Kier molecular flexibility index (Phi) is 9.17. The van der Waals surface area contributed by atoms with E-state index >= 15 is 0 Å². The van der Waals surface area contributed by atoms with E-state index in [0.29, 0.717) is 36.0 Å². The van der Waals surface area contributed by atoms with Gasteiger partial charge in [-0.25, -0.2) is 13.8 Å². The van der Waals surface area contributed by atoms with Crippen LogP contribution in [0.1, 0.15) is 46.5 Å². The fourth-order valence-corrected chi connectivity index (χ4v) is 3.78. The predicted octanol–water partition coefficient (Wildman–Crippen LogP) is 5.81. The number of hydrogen-bond acceptors (Lipinski definition) is 5. The summed E-state index contributed by atoms with van der Waals surface area (Å²) in [5, 5.41) is -0.0953. The van der Waals surface area contributed by atoms with E-state index in [1.54, 1.807) is 6.08 Å². The summed E-state index contributed by atoms with van der Waals surface area (Å²) in [4.78, 5) is 5.30. The number of nitrogens with zero attached hydrogens (tertiary/aromatic N) is 2. The van der Waals surface area contributed by atoms with Crippen LogP contribution in [-0.2, 0) is 0 Å². The van der Waals surface area contributed by atoms with Crippen LogP contribution in [-0.4, -0.2) is 25.1 Å². The molecule has 1 aromatic carbocycles. The van der Waals surface area contributed by atoms with Gasteiger partial charge in [0.25, 0.3) is 0 Å². The Morgan fingerprint density at radius 3 is 2.66 bits per heavy atom. The van der Waals surface area contributed by atoms with Gasteiger partial charge in [-0.3, -0.25) is 0 Å². The molecular formula is C20H28ClF3N4S. The van der Waals surface area contributed by atoms with Crippen molar-refractivity contribution in [1.82, 2.24) is 4.72 Å². The zero-order valence-electron chi connectivity index (χ0n) is 16.9. The van der Waals surface area contributed by atoms with Crippen LogP contribution in [0, 0.1) is 17.6 Å². The number of halogens is 4. The first-order chi connectivity index (χ1) is 13.7. The minimum Gasteiger partial charge on any atom is -0.370 e. The van der Waals surface area contributed by atoms with Gasteiger partial charge < -0.3 is 15.4 Å². The number of nitrogens with one attached hydrogen (secondary N) is 1. The second-order valence-electron chi connectivity index (χ2n) is 7.38. The van der Waals surface area contributed by atoms with Gasteiger partial charge in [0.1, 0.15) is 21.6 Å². The lowest BCUT2D eigenvalue weighted by atomic mass is 10.2. The highest BCUT2D eigenvalue weighted by Gasteiger charge is 2.26. The van der Waals surface area contributed by atoms with Crippen LogP contribution >= 0.6 is 23.5 Å². The first kappa shape index (κ1) is 23.9. The van der Waals surface area contributed by atoms with Gasteiger partial charge in [-0.2, -0.15) is 4.39 Å². The normalized spacial score (nSPS) is 19.9. The van der Waals surface area contributed by atoms with Gasteiger partial charge >= 0.3 is 0 Å². The summed E-state index contributed by atoms with van der Waals surface area (Å²) in [6.07, 6.45) is 4.46. The molecule has 4 nitrogen and oxygen atoms in total. The highest BCUT2D eigenvalue weighted by Crippen LogP contribution is 2.38. The molecule has 2 heterocycles. The second kappa shape index (κ2) is 11.1. The Labute approximate surface area is 179 Å². The smallest absolute Gasteiger partial charge is 0.191 e. The highest BCUT2D eigenvalue weighted by atomic mass is 35.5. The van der Waals surface area contributed by atoms with Crippen molar-refractivity contribution in [1.29, 1.82) is 0 Å². The summed E-state index contributed by atoms with van der Waals surface area (Å²) < 4.78 is 44.7. The Morgan fingerprint density at radius 2 is 2.10 bits per heavy atom. The molecule has 2 unspecified atom stereocenters. The number of nitrogens with two attached hydrogens (primary N) is 1. The highest BCUT2D eigenvalue weighted by molar-refractivity contribution is 7.97.